The minimum absolute atomic E-state index is 0.141. The summed E-state index contributed by atoms with van der Waals surface area (Å²) >= 11 is 0. The van der Waals surface area contributed by atoms with Crippen LogP contribution in [0.15, 0.2) is 109 Å². The Labute approximate surface area is 223 Å². The van der Waals surface area contributed by atoms with E-state index in [9.17, 15) is 4.79 Å². The van der Waals surface area contributed by atoms with E-state index in [4.69, 9.17) is 9.47 Å². The lowest BCUT2D eigenvalue weighted by molar-refractivity contribution is 0.102. The summed E-state index contributed by atoms with van der Waals surface area (Å²) in [4.78, 5) is 18.0. The van der Waals surface area contributed by atoms with Gasteiger partial charge in [-0.2, -0.15) is 0 Å². The normalized spacial score (nSPS) is 10.9. The Kier molecular flexibility index (Phi) is 7.65. The largest absolute Gasteiger partial charge is 0.488 e. The second-order valence-electron chi connectivity index (χ2n) is 9.45. The Balaban J connectivity index is 1.47. The molecule has 0 bridgehead atoms. The summed E-state index contributed by atoms with van der Waals surface area (Å²) in [5.41, 5.74) is 5.06. The van der Waals surface area contributed by atoms with Crippen LogP contribution < -0.4 is 14.8 Å². The van der Waals surface area contributed by atoms with Crippen LogP contribution in [0.25, 0.3) is 10.9 Å². The van der Waals surface area contributed by atoms with Crippen molar-refractivity contribution in [3.63, 3.8) is 0 Å². The van der Waals surface area contributed by atoms with Gasteiger partial charge in [-0.25, -0.2) is 0 Å². The summed E-state index contributed by atoms with van der Waals surface area (Å²) in [5.74, 6) is 1.08. The fourth-order valence-corrected chi connectivity index (χ4v) is 4.27. The number of fused-ring (bicyclic) bond motifs is 1. The Morgan fingerprint density at radius 3 is 2.08 bits per heavy atom. The molecule has 1 N–H and O–H groups in total. The highest BCUT2D eigenvalue weighted by atomic mass is 16.5. The predicted octanol–water partition coefficient (Wildman–Crippen LogP) is 7.77. The number of hydrogen-bond donors (Lipinski definition) is 1. The molecule has 1 heterocycles. The van der Waals surface area contributed by atoms with Crippen molar-refractivity contribution in [1.29, 1.82) is 0 Å². The van der Waals surface area contributed by atoms with Gasteiger partial charge in [0.25, 0.3) is 5.91 Å². The SMILES string of the molecule is CC(C)c1cc(C(=O)Nc2ccc3ncccc3c2)c(OCc2ccccc2)cc1OCc1ccccc1. The van der Waals surface area contributed by atoms with Crippen molar-refractivity contribution in [3.05, 3.63) is 132 Å². The highest BCUT2D eigenvalue weighted by Crippen LogP contribution is 2.35. The summed E-state index contributed by atoms with van der Waals surface area (Å²) in [5, 5.41) is 4.00. The van der Waals surface area contributed by atoms with E-state index in [-0.39, 0.29) is 11.8 Å². The molecule has 5 heteroatoms. The van der Waals surface area contributed by atoms with Crippen LogP contribution >= 0.6 is 0 Å². The van der Waals surface area contributed by atoms with E-state index in [0.29, 0.717) is 36.0 Å². The van der Waals surface area contributed by atoms with Crippen LogP contribution in [0, 0.1) is 0 Å². The molecule has 5 rings (SSSR count). The number of hydrogen-bond acceptors (Lipinski definition) is 4. The van der Waals surface area contributed by atoms with Crippen molar-refractivity contribution in [3.8, 4) is 11.5 Å². The molecule has 0 fully saturated rings. The molecule has 0 aliphatic heterocycles. The molecule has 0 aliphatic carbocycles. The highest BCUT2D eigenvalue weighted by Gasteiger charge is 2.20. The van der Waals surface area contributed by atoms with Gasteiger partial charge in [0.05, 0.1) is 11.1 Å². The molecule has 1 amide bonds. The predicted molar refractivity (Wildman–Crippen MR) is 152 cm³/mol. The van der Waals surface area contributed by atoms with Crippen LogP contribution in [0.2, 0.25) is 0 Å². The zero-order valence-electron chi connectivity index (χ0n) is 21.6. The second kappa shape index (κ2) is 11.6. The first kappa shape index (κ1) is 25.0. The van der Waals surface area contributed by atoms with E-state index in [0.717, 1.165) is 27.6 Å². The van der Waals surface area contributed by atoms with Crippen LogP contribution in [0.4, 0.5) is 5.69 Å². The Morgan fingerprint density at radius 1 is 0.763 bits per heavy atom. The van der Waals surface area contributed by atoms with Crippen molar-refractivity contribution in [1.82, 2.24) is 4.98 Å². The monoisotopic (exact) mass is 502 g/mol. The first-order valence-electron chi connectivity index (χ1n) is 12.7. The number of pyridine rings is 1. The van der Waals surface area contributed by atoms with Gasteiger partial charge in [0.1, 0.15) is 24.7 Å². The number of anilines is 1. The van der Waals surface area contributed by atoms with Gasteiger partial charge in [0.15, 0.2) is 0 Å². The Morgan fingerprint density at radius 2 is 1.42 bits per heavy atom. The van der Waals surface area contributed by atoms with Crippen LogP contribution in [0.1, 0.15) is 46.8 Å². The van der Waals surface area contributed by atoms with E-state index in [1.807, 2.05) is 103 Å². The van der Waals surface area contributed by atoms with Crippen molar-refractivity contribution in [2.24, 2.45) is 0 Å². The molecule has 0 spiro atoms. The summed E-state index contributed by atoms with van der Waals surface area (Å²) in [6.45, 7) is 4.94. The van der Waals surface area contributed by atoms with E-state index in [1.54, 1.807) is 6.20 Å². The number of nitrogens with zero attached hydrogens (tertiary/aromatic N) is 1. The third-order valence-corrected chi connectivity index (χ3v) is 6.31. The molecule has 5 aromatic rings. The van der Waals surface area contributed by atoms with E-state index in [2.05, 4.69) is 24.1 Å². The maximum Gasteiger partial charge on any atom is 0.259 e. The Bertz CT molecular complexity index is 1530. The van der Waals surface area contributed by atoms with Gasteiger partial charge >= 0.3 is 0 Å². The Hall–Kier alpha value is -4.64. The van der Waals surface area contributed by atoms with Gasteiger partial charge < -0.3 is 14.8 Å². The van der Waals surface area contributed by atoms with E-state index in [1.165, 1.54) is 0 Å². The maximum absolute atomic E-state index is 13.6. The van der Waals surface area contributed by atoms with Gasteiger partial charge in [-0.1, -0.05) is 80.6 Å². The van der Waals surface area contributed by atoms with E-state index >= 15 is 0 Å². The van der Waals surface area contributed by atoms with E-state index < -0.39 is 0 Å². The molecule has 0 unspecified atom stereocenters. The maximum atomic E-state index is 13.6. The minimum atomic E-state index is -0.243. The number of benzene rings is 4. The summed E-state index contributed by atoms with van der Waals surface area (Å²) < 4.78 is 12.5. The molecule has 0 radical (unpaired) electrons. The highest BCUT2D eigenvalue weighted by molar-refractivity contribution is 6.07. The average molecular weight is 503 g/mol. The number of rotatable bonds is 9. The van der Waals surface area contributed by atoms with Crippen LogP contribution in [0.5, 0.6) is 11.5 Å². The first-order chi connectivity index (χ1) is 18.6. The number of carbonyl (C=O) groups is 1. The molecule has 190 valence electrons. The fraction of sp³-hybridized carbons (Fsp3) is 0.152. The van der Waals surface area contributed by atoms with Crippen molar-refractivity contribution >= 4 is 22.5 Å². The zero-order chi connectivity index (χ0) is 26.3. The lowest BCUT2D eigenvalue weighted by atomic mass is 9.98. The molecule has 0 saturated carbocycles. The molecule has 5 nitrogen and oxygen atoms in total. The number of nitrogens with one attached hydrogen (secondary N) is 1. The number of aromatic nitrogens is 1. The van der Waals surface area contributed by atoms with Gasteiger partial charge in [-0.3, -0.25) is 9.78 Å². The van der Waals surface area contributed by atoms with Gasteiger partial charge in [-0.15, -0.1) is 0 Å². The molecule has 0 atom stereocenters. The third-order valence-electron chi connectivity index (χ3n) is 6.31. The minimum Gasteiger partial charge on any atom is -0.488 e. The number of carbonyl (C=O) groups excluding carboxylic acids is 1. The summed E-state index contributed by atoms with van der Waals surface area (Å²) in [7, 11) is 0. The standard InChI is InChI=1S/C33H30N2O3/c1-23(2)28-19-29(33(36)35-27-15-16-30-26(18-27)14-9-17-34-30)32(38-22-25-12-7-4-8-13-25)20-31(28)37-21-24-10-5-3-6-11-24/h3-20,23H,21-22H2,1-2H3,(H,35,36). The first-order valence-corrected chi connectivity index (χ1v) is 12.7. The van der Waals surface area contributed by atoms with Crippen LogP contribution in [-0.4, -0.2) is 10.9 Å². The van der Waals surface area contributed by atoms with Gasteiger partial charge in [0.2, 0.25) is 0 Å². The summed E-state index contributed by atoms with van der Waals surface area (Å²) in [6.07, 6.45) is 1.76. The van der Waals surface area contributed by atoms with Crippen molar-refractivity contribution < 1.29 is 14.3 Å². The summed E-state index contributed by atoms with van der Waals surface area (Å²) in [6, 6.07) is 33.2. The van der Waals surface area contributed by atoms with Crippen molar-refractivity contribution in [2.75, 3.05) is 5.32 Å². The molecule has 0 saturated heterocycles. The molecule has 0 aliphatic rings. The molecular formula is C33H30N2O3. The molecule has 38 heavy (non-hydrogen) atoms. The second-order valence-corrected chi connectivity index (χ2v) is 9.45. The molecular weight excluding hydrogens is 472 g/mol. The quantitative estimate of drug-likeness (QED) is 0.224. The average Bonchev–Trinajstić information content (AvgIpc) is 2.95. The molecule has 4 aromatic carbocycles. The lowest BCUT2D eigenvalue weighted by Gasteiger charge is -2.19. The van der Waals surface area contributed by atoms with Gasteiger partial charge in [0, 0.05) is 23.3 Å². The van der Waals surface area contributed by atoms with Crippen molar-refractivity contribution in [2.45, 2.75) is 33.0 Å². The number of ether oxygens (including phenoxy) is 2. The smallest absolute Gasteiger partial charge is 0.259 e. The van der Waals surface area contributed by atoms with Gasteiger partial charge in [-0.05, 0) is 52.9 Å². The zero-order valence-corrected chi connectivity index (χ0v) is 21.6. The topological polar surface area (TPSA) is 60.5 Å². The molecule has 1 aromatic heterocycles. The number of amides is 1. The third kappa shape index (κ3) is 6.01. The lowest BCUT2D eigenvalue weighted by Crippen LogP contribution is -2.15. The fourth-order valence-electron chi connectivity index (χ4n) is 4.27. The van der Waals surface area contributed by atoms with Crippen LogP contribution in [0.3, 0.4) is 0 Å². The van der Waals surface area contributed by atoms with Crippen LogP contribution in [-0.2, 0) is 13.2 Å².